The summed E-state index contributed by atoms with van der Waals surface area (Å²) in [5.41, 5.74) is 4.76. The molecule has 0 aliphatic rings. The number of nitrogens with two attached hydrogens (primary N) is 1. The molecule has 0 fully saturated rings. The lowest BCUT2D eigenvalue weighted by atomic mass is 10.1. The van der Waals surface area contributed by atoms with Crippen LogP contribution in [0.2, 0.25) is 0 Å². The van der Waals surface area contributed by atoms with Gasteiger partial charge < -0.3 is 51.1 Å². The van der Waals surface area contributed by atoms with Gasteiger partial charge in [-0.15, -0.1) is 0 Å². The monoisotopic (exact) mass is 642 g/mol. The summed E-state index contributed by atoms with van der Waals surface area (Å²) in [7, 11) is 6.95. The first kappa shape index (κ1) is 45.8. The molecule has 1 amide bonds. The van der Waals surface area contributed by atoms with E-state index in [1.807, 2.05) is 39.8 Å². The molecule has 0 aromatic rings. The molecule has 0 aromatic heterocycles. The molecule has 0 aromatic carbocycles. The third-order valence-electron chi connectivity index (χ3n) is 5.44. The summed E-state index contributed by atoms with van der Waals surface area (Å²) in [5, 5.41) is 15.0. The van der Waals surface area contributed by atoms with Crippen LogP contribution in [0.3, 0.4) is 0 Å². The Labute approximate surface area is 266 Å². The maximum atomic E-state index is 12.3. The minimum atomic E-state index is -1.03. The molecule has 0 aliphatic heterocycles. The number of nitrogens with one attached hydrogen (secondary N) is 4. The number of ketones is 2. The number of carbonyl (C=O) groups excluding carboxylic acids is 7. The molecule has 0 spiro atoms. The summed E-state index contributed by atoms with van der Waals surface area (Å²) in [6.07, 6.45) is 4.85. The summed E-state index contributed by atoms with van der Waals surface area (Å²) in [4.78, 5) is 79.9. The Morgan fingerprint density at radius 2 is 1.49 bits per heavy atom. The van der Waals surface area contributed by atoms with Crippen molar-refractivity contribution in [1.82, 2.24) is 20.9 Å². The number of hydrogen-bond donors (Lipinski definition) is 5. The molecule has 45 heavy (non-hydrogen) atoms. The van der Waals surface area contributed by atoms with Crippen LogP contribution in [-0.2, 0) is 43.0 Å². The Morgan fingerprint density at radius 3 is 1.89 bits per heavy atom. The average molecular weight is 643 g/mol. The van der Waals surface area contributed by atoms with Crippen molar-refractivity contribution in [3.05, 3.63) is 12.7 Å². The van der Waals surface area contributed by atoms with Crippen molar-refractivity contribution in [2.24, 2.45) is 5.73 Å². The maximum Gasteiger partial charge on any atom is 0.328 e. The van der Waals surface area contributed by atoms with E-state index in [4.69, 9.17) is 20.6 Å². The number of carbonyl (C=O) groups is 7. The summed E-state index contributed by atoms with van der Waals surface area (Å²) >= 11 is 0. The van der Waals surface area contributed by atoms with Crippen LogP contribution in [0.15, 0.2) is 12.7 Å². The largest absolute Gasteiger partial charge is 0.460 e. The number of esters is 2. The van der Waals surface area contributed by atoms with E-state index in [1.165, 1.54) is 6.08 Å². The fourth-order valence-corrected chi connectivity index (χ4v) is 3.07. The Bertz CT molecular complexity index is 935. The molecule has 0 heterocycles. The first-order valence-corrected chi connectivity index (χ1v) is 14.5. The van der Waals surface area contributed by atoms with Crippen LogP contribution in [0.4, 0.5) is 0 Å². The van der Waals surface area contributed by atoms with Gasteiger partial charge in [-0.3, -0.25) is 19.2 Å². The molecule has 15 nitrogen and oxygen atoms in total. The highest BCUT2D eigenvalue weighted by Gasteiger charge is 2.26. The number of ether oxygens (including phenoxy) is 2. The SMILES string of the molecule is C=CCOC(=O)C(CCC(=O)C=N)NC(=O)C(CCC(=O)CN)NC.CN(C)CC=O.CNC(CCC=O)C(=O)OC(C)(C)C. The number of nitrogens with zero attached hydrogens (tertiary/aromatic N) is 1. The van der Waals surface area contributed by atoms with E-state index in [0.717, 1.165) is 12.6 Å². The Balaban J connectivity index is -0.000000734. The predicted molar refractivity (Wildman–Crippen MR) is 171 cm³/mol. The molecule has 0 bridgehead atoms. The van der Waals surface area contributed by atoms with Crippen molar-refractivity contribution < 1.29 is 43.0 Å². The van der Waals surface area contributed by atoms with Gasteiger partial charge in [0.1, 0.15) is 42.6 Å². The highest BCUT2D eigenvalue weighted by atomic mass is 16.6. The average Bonchev–Trinajstić information content (AvgIpc) is 2.97. The van der Waals surface area contributed by atoms with Crippen LogP contribution in [0, 0.1) is 5.41 Å². The minimum Gasteiger partial charge on any atom is -0.460 e. The predicted octanol–water partition coefficient (Wildman–Crippen LogP) is -0.263. The first-order valence-electron chi connectivity index (χ1n) is 14.5. The molecule has 0 aliphatic carbocycles. The second-order valence-corrected chi connectivity index (χ2v) is 10.8. The van der Waals surface area contributed by atoms with E-state index in [-0.39, 0.29) is 56.6 Å². The lowest BCUT2D eigenvalue weighted by Crippen LogP contribution is -2.50. The van der Waals surface area contributed by atoms with E-state index in [0.29, 0.717) is 25.6 Å². The molecular weight excluding hydrogens is 588 g/mol. The van der Waals surface area contributed by atoms with Gasteiger partial charge in [0, 0.05) is 19.3 Å². The Kier molecular flexibility index (Phi) is 28.3. The van der Waals surface area contributed by atoms with Crippen molar-refractivity contribution >= 4 is 48.2 Å². The van der Waals surface area contributed by atoms with Crippen LogP contribution < -0.4 is 21.7 Å². The fourth-order valence-electron chi connectivity index (χ4n) is 3.07. The van der Waals surface area contributed by atoms with Crippen molar-refractivity contribution in [3.8, 4) is 0 Å². The molecule has 0 radical (unpaired) electrons. The number of aldehydes is 2. The summed E-state index contributed by atoms with van der Waals surface area (Å²) < 4.78 is 10.1. The molecule has 6 N–H and O–H groups in total. The van der Waals surface area contributed by atoms with E-state index in [2.05, 4.69) is 22.5 Å². The van der Waals surface area contributed by atoms with Gasteiger partial charge in [-0.25, -0.2) is 4.79 Å². The molecule has 3 unspecified atom stereocenters. The summed E-state index contributed by atoms with van der Waals surface area (Å²) in [6, 6.07) is -2.11. The third kappa shape index (κ3) is 27.6. The van der Waals surface area contributed by atoms with Crippen LogP contribution in [0.25, 0.3) is 0 Å². The molecule has 0 rings (SSSR count). The quantitative estimate of drug-likeness (QED) is 0.0471. The van der Waals surface area contributed by atoms with E-state index in [9.17, 15) is 33.6 Å². The van der Waals surface area contributed by atoms with Gasteiger partial charge in [0.05, 0.1) is 25.3 Å². The zero-order valence-electron chi connectivity index (χ0n) is 27.8. The topological polar surface area (TPSA) is 227 Å². The molecule has 0 saturated heterocycles. The maximum absolute atomic E-state index is 12.3. The fraction of sp³-hybridized carbons (Fsp3) is 0.667. The van der Waals surface area contributed by atoms with Crippen molar-refractivity contribution in [1.29, 1.82) is 5.41 Å². The van der Waals surface area contributed by atoms with Gasteiger partial charge in [0.15, 0.2) is 5.78 Å². The lowest BCUT2D eigenvalue weighted by Gasteiger charge is -2.23. The van der Waals surface area contributed by atoms with Crippen LogP contribution in [0.1, 0.15) is 59.3 Å². The van der Waals surface area contributed by atoms with Crippen LogP contribution >= 0.6 is 0 Å². The lowest BCUT2D eigenvalue weighted by molar-refractivity contribution is -0.157. The van der Waals surface area contributed by atoms with E-state index >= 15 is 0 Å². The van der Waals surface area contributed by atoms with Crippen LogP contribution in [-0.4, -0.2) is 125 Å². The second kappa shape index (κ2) is 27.9. The highest BCUT2D eigenvalue weighted by Crippen LogP contribution is 2.10. The van der Waals surface area contributed by atoms with Gasteiger partial charge in [-0.1, -0.05) is 12.7 Å². The molecule has 3 atom stereocenters. The summed E-state index contributed by atoms with van der Waals surface area (Å²) in [5.74, 6) is -2.13. The highest BCUT2D eigenvalue weighted by molar-refractivity contribution is 6.26. The number of likely N-dealkylation sites (N-methyl/N-ethyl adjacent to an activating group) is 3. The van der Waals surface area contributed by atoms with Crippen molar-refractivity contribution in [2.75, 3.05) is 47.9 Å². The Morgan fingerprint density at radius 1 is 0.911 bits per heavy atom. The molecular formula is C30H54N6O9. The zero-order valence-corrected chi connectivity index (χ0v) is 27.8. The van der Waals surface area contributed by atoms with Crippen LogP contribution in [0.5, 0.6) is 0 Å². The Hall–Kier alpha value is -3.66. The number of rotatable bonds is 21. The number of hydrogen-bond acceptors (Lipinski definition) is 14. The molecule has 15 heteroatoms. The normalized spacial score (nSPS) is 12.4. The number of Topliss-reactive ketones (excluding diaryl/α,β-unsaturated/α-hetero) is 2. The van der Waals surface area contributed by atoms with E-state index < -0.39 is 35.3 Å². The summed E-state index contributed by atoms with van der Waals surface area (Å²) in [6.45, 7) is 9.29. The zero-order chi connectivity index (χ0) is 35.4. The second-order valence-electron chi connectivity index (χ2n) is 10.8. The van der Waals surface area contributed by atoms with Crippen molar-refractivity contribution in [2.45, 2.75) is 83.0 Å². The number of amides is 1. The van der Waals surface area contributed by atoms with Gasteiger partial charge >= 0.3 is 11.9 Å². The van der Waals surface area contributed by atoms with E-state index in [1.54, 1.807) is 14.1 Å². The van der Waals surface area contributed by atoms with Gasteiger partial charge in [0.25, 0.3) is 0 Å². The molecule has 0 saturated carbocycles. The smallest absolute Gasteiger partial charge is 0.328 e. The standard InChI is InChI=1S/C16H26N4O5.C10H19NO3.C4H9NO/c1-3-8-25-16(24)14(7-5-12(22)10-18)20-15(23)13(19-2)6-4-11(21)9-17;1-10(2,3)14-9(13)8(11-4)6-5-7-12;1-5(2)3-4-6/h3,10,13-14,18-19H,1,4-9,17H2,2H3,(H,20,23);7-8,11H,5-6H2,1-4H3;4H,3H2,1-2H3. The molecule has 258 valence electrons. The first-order chi connectivity index (χ1) is 21.1. The third-order valence-corrected chi connectivity index (χ3v) is 5.44. The minimum absolute atomic E-state index is 0.00803. The van der Waals surface area contributed by atoms with Gasteiger partial charge in [-0.2, -0.15) is 0 Å². The van der Waals surface area contributed by atoms with Gasteiger partial charge in [0.2, 0.25) is 5.91 Å². The van der Waals surface area contributed by atoms with Crippen molar-refractivity contribution in [3.63, 3.8) is 0 Å². The van der Waals surface area contributed by atoms with Gasteiger partial charge in [-0.05, 0) is 68.2 Å².